The summed E-state index contributed by atoms with van der Waals surface area (Å²) in [6.45, 7) is 6.60. The van der Waals surface area contributed by atoms with Crippen LogP contribution in [0, 0.1) is 0 Å². The van der Waals surface area contributed by atoms with Gasteiger partial charge in [-0.2, -0.15) is 0 Å². The quantitative estimate of drug-likeness (QED) is 0.591. The summed E-state index contributed by atoms with van der Waals surface area (Å²) in [4.78, 5) is 4.93. The number of nitrogens with zero attached hydrogens (tertiary/aromatic N) is 2. The van der Waals surface area contributed by atoms with E-state index in [0.29, 0.717) is 0 Å². The van der Waals surface area contributed by atoms with Crippen molar-refractivity contribution in [3.8, 4) is 11.5 Å². The second-order valence-corrected chi connectivity index (χ2v) is 7.31. The Morgan fingerprint density at radius 3 is 2.50 bits per heavy atom. The van der Waals surface area contributed by atoms with Crippen molar-refractivity contribution >= 4 is 12.4 Å². The van der Waals surface area contributed by atoms with E-state index in [1.807, 2.05) is 6.07 Å². The van der Waals surface area contributed by atoms with Gasteiger partial charge in [-0.25, -0.2) is 0 Å². The van der Waals surface area contributed by atoms with Crippen LogP contribution in [0.5, 0.6) is 11.5 Å². The Kier molecular flexibility index (Phi) is 9.62. The van der Waals surface area contributed by atoms with Gasteiger partial charge in [0.15, 0.2) is 0 Å². The Bertz CT molecular complexity index is 703. The van der Waals surface area contributed by atoms with Gasteiger partial charge in [0.2, 0.25) is 0 Å². The fraction of sp³-hybridized carbons (Fsp3) is 0.478. The summed E-state index contributed by atoms with van der Waals surface area (Å²) < 4.78 is 11.4. The largest absolute Gasteiger partial charge is 0.497 e. The molecule has 0 radical (unpaired) electrons. The number of halogens is 1. The van der Waals surface area contributed by atoms with Gasteiger partial charge < -0.3 is 19.3 Å². The molecule has 1 heterocycles. The van der Waals surface area contributed by atoms with Crippen LogP contribution in [-0.2, 0) is 12.8 Å². The third kappa shape index (κ3) is 7.01. The van der Waals surface area contributed by atoms with Gasteiger partial charge in [-0.1, -0.05) is 30.3 Å². The van der Waals surface area contributed by atoms with Crippen molar-refractivity contribution in [2.45, 2.75) is 19.3 Å². The highest BCUT2D eigenvalue weighted by Crippen LogP contribution is 2.21. The summed E-state index contributed by atoms with van der Waals surface area (Å²) in [5.41, 5.74) is 2.57. The van der Waals surface area contributed by atoms with Crippen LogP contribution < -0.4 is 9.47 Å². The fourth-order valence-electron chi connectivity index (χ4n) is 3.50. The first-order chi connectivity index (χ1) is 13.2. The summed E-state index contributed by atoms with van der Waals surface area (Å²) >= 11 is 0. The molecule has 0 N–H and O–H groups in total. The first kappa shape index (κ1) is 22.5. The van der Waals surface area contributed by atoms with Crippen LogP contribution in [0.2, 0.25) is 0 Å². The number of likely N-dealkylation sites (N-methyl/N-ethyl adjacent to an activating group) is 1. The van der Waals surface area contributed by atoms with Crippen LogP contribution in [0.15, 0.2) is 48.5 Å². The number of piperazine rings is 1. The van der Waals surface area contributed by atoms with Crippen molar-refractivity contribution in [2.75, 3.05) is 53.5 Å². The van der Waals surface area contributed by atoms with E-state index in [0.717, 1.165) is 43.9 Å². The number of benzene rings is 2. The normalized spacial score (nSPS) is 15.1. The smallest absolute Gasteiger partial charge is 0.122 e. The Morgan fingerprint density at radius 1 is 0.929 bits per heavy atom. The molecule has 2 aromatic rings. The van der Waals surface area contributed by atoms with Crippen molar-refractivity contribution in [1.82, 2.24) is 9.80 Å². The first-order valence-corrected chi connectivity index (χ1v) is 9.99. The molecule has 1 aliphatic rings. The lowest BCUT2D eigenvalue weighted by Crippen LogP contribution is -2.44. The molecule has 0 unspecified atom stereocenters. The number of rotatable bonds is 9. The highest BCUT2D eigenvalue weighted by molar-refractivity contribution is 5.85. The van der Waals surface area contributed by atoms with Crippen LogP contribution in [0.25, 0.3) is 0 Å². The molecular formula is C23H33ClN2O2. The monoisotopic (exact) mass is 404 g/mol. The van der Waals surface area contributed by atoms with Gasteiger partial charge in [0.05, 0.1) is 13.7 Å². The molecule has 0 saturated carbocycles. The van der Waals surface area contributed by atoms with Gasteiger partial charge in [0, 0.05) is 32.7 Å². The molecule has 28 heavy (non-hydrogen) atoms. The molecule has 1 fully saturated rings. The van der Waals surface area contributed by atoms with E-state index in [1.54, 1.807) is 7.11 Å². The van der Waals surface area contributed by atoms with Gasteiger partial charge in [0.1, 0.15) is 11.5 Å². The Morgan fingerprint density at radius 2 is 1.71 bits per heavy atom. The zero-order valence-electron chi connectivity index (χ0n) is 17.1. The number of methoxy groups -OCH3 is 1. The zero-order valence-corrected chi connectivity index (χ0v) is 17.9. The van der Waals surface area contributed by atoms with Crippen molar-refractivity contribution in [2.24, 2.45) is 0 Å². The lowest BCUT2D eigenvalue weighted by Gasteiger charge is -2.32. The minimum absolute atomic E-state index is 0. The molecule has 0 bridgehead atoms. The molecule has 1 saturated heterocycles. The standard InChI is InChI=1S/C23H32N2O2.ClH/c1-24-14-16-25(17-15-24)13-6-18-27-23-10-4-3-8-21(23)12-11-20-7-5-9-22(19-20)26-2;/h3-5,7-10,19H,6,11-18H2,1-2H3;1H. The highest BCUT2D eigenvalue weighted by Gasteiger charge is 2.13. The summed E-state index contributed by atoms with van der Waals surface area (Å²) in [6, 6.07) is 16.7. The molecule has 0 atom stereocenters. The number of hydrogen-bond donors (Lipinski definition) is 0. The average molecular weight is 405 g/mol. The molecule has 154 valence electrons. The molecule has 2 aromatic carbocycles. The van der Waals surface area contributed by atoms with Crippen LogP contribution in [-0.4, -0.2) is 63.3 Å². The molecule has 0 spiro atoms. The molecule has 3 rings (SSSR count). The predicted molar refractivity (Wildman–Crippen MR) is 118 cm³/mol. The predicted octanol–water partition coefficient (Wildman–Crippen LogP) is 3.92. The first-order valence-electron chi connectivity index (χ1n) is 9.99. The summed E-state index contributed by atoms with van der Waals surface area (Å²) in [7, 11) is 3.91. The van der Waals surface area contributed by atoms with E-state index in [2.05, 4.69) is 59.3 Å². The van der Waals surface area contributed by atoms with Crippen molar-refractivity contribution in [1.29, 1.82) is 0 Å². The third-order valence-corrected chi connectivity index (χ3v) is 5.26. The summed E-state index contributed by atoms with van der Waals surface area (Å²) in [5, 5.41) is 0. The Hall–Kier alpha value is -1.75. The molecule has 4 nitrogen and oxygen atoms in total. The molecule has 0 amide bonds. The highest BCUT2D eigenvalue weighted by atomic mass is 35.5. The fourth-order valence-corrected chi connectivity index (χ4v) is 3.50. The second-order valence-electron chi connectivity index (χ2n) is 7.31. The van der Waals surface area contributed by atoms with E-state index in [1.165, 1.54) is 37.3 Å². The molecule has 5 heteroatoms. The minimum Gasteiger partial charge on any atom is -0.497 e. The Labute approximate surface area is 175 Å². The number of aryl methyl sites for hydroxylation is 2. The van der Waals surface area contributed by atoms with Gasteiger partial charge in [0.25, 0.3) is 0 Å². The van der Waals surface area contributed by atoms with Gasteiger partial charge in [-0.3, -0.25) is 0 Å². The summed E-state index contributed by atoms with van der Waals surface area (Å²) in [5.74, 6) is 1.94. The topological polar surface area (TPSA) is 24.9 Å². The van der Waals surface area contributed by atoms with E-state index >= 15 is 0 Å². The molecule has 0 aliphatic carbocycles. The van der Waals surface area contributed by atoms with E-state index in [4.69, 9.17) is 9.47 Å². The maximum Gasteiger partial charge on any atom is 0.122 e. The zero-order chi connectivity index (χ0) is 18.9. The van der Waals surface area contributed by atoms with Gasteiger partial charge in [-0.05, 0) is 55.6 Å². The molecule has 1 aliphatic heterocycles. The van der Waals surface area contributed by atoms with Crippen LogP contribution in [0.1, 0.15) is 17.5 Å². The molecule has 0 aromatic heterocycles. The van der Waals surface area contributed by atoms with Gasteiger partial charge >= 0.3 is 0 Å². The van der Waals surface area contributed by atoms with Crippen LogP contribution in [0.4, 0.5) is 0 Å². The second kappa shape index (κ2) is 11.9. The van der Waals surface area contributed by atoms with Crippen molar-refractivity contribution in [3.63, 3.8) is 0 Å². The van der Waals surface area contributed by atoms with Crippen LogP contribution >= 0.6 is 12.4 Å². The lowest BCUT2D eigenvalue weighted by molar-refractivity contribution is 0.145. The maximum atomic E-state index is 6.12. The minimum atomic E-state index is 0. The number of para-hydroxylation sites is 1. The molecular weight excluding hydrogens is 372 g/mol. The van der Waals surface area contributed by atoms with Crippen molar-refractivity contribution in [3.05, 3.63) is 59.7 Å². The number of hydrogen-bond acceptors (Lipinski definition) is 4. The SMILES string of the molecule is COc1cccc(CCc2ccccc2OCCCN2CCN(C)CC2)c1.Cl. The third-order valence-electron chi connectivity index (χ3n) is 5.26. The van der Waals surface area contributed by atoms with E-state index in [9.17, 15) is 0 Å². The van der Waals surface area contributed by atoms with Crippen molar-refractivity contribution < 1.29 is 9.47 Å². The number of ether oxygens (including phenoxy) is 2. The summed E-state index contributed by atoms with van der Waals surface area (Å²) in [6.07, 6.45) is 3.04. The van der Waals surface area contributed by atoms with Crippen LogP contribution in [0.3, 0.4) is 0 Å². The lowest BCUT2D eigenvalue weighted by atomic mass is 10.0. The Balaban J connectivity index is 0.00000280. The van der Waals surface area contributed by atoms with Gasteiger partial charge in [-0.15, -0.1) is 12.4 Å². The van der Waals surface area contributed by atoms with E-state index in [-0.39, 0.29) is 12.4 Å². The maximum absolute atomic E-state index is 6.12. The average Bonchev–Trinajstić information content (AvgIpc) is 2.72. The van der Waals surface area contributed by atoms with E-state index < -0.39 is 0 Å².